The van der Waals surface area contributed by atoms with Gasteiger partial charge in [-0.15, -0.1) is 0 Å². The van der Waals surface area contributed by atoms with Crippen molar-refractivity contribution in [2.24, 2.45) is 11.0 Å². The van der Waals surface area contributed by atoms with Gasteiger partial charge in [-0.1, -0.05) is 5.11 Å². The molecule has 4 N–H and O–H groups in total. The summed E-state index contributed by atoms with van der Waals surface area (Å²) in [5, 5.41) is 23.4. The van der Waals surface area contributed by atoms with Crippen molar-refractivity contribution in [3.8, 4) is 0 Å². The van der Waals surface area contributed by atoms with Gasteiger partial charge in [0.05, 0.1) is 24.5 Å². The van der Waals surface area contributed by atoms with Gasteiger partial charge in [0.1, 0.15) is 11.8 Å². The lowest BCUT2D eigenvalue weighted by Crippen LogP contribution is -2.28. The van der Waals surface area contributed by atoms with Gasteiger partial charge in [0, 0.05) is 11.5 Å². The van der Waals surface area contributed by atoms with Crippen LogP contribution in [0.1, 0.15) is 12.5 Å². The number of hydrogen-bond donors (Lipinski definition) is 3. The Labute approximate surface area is 118 Å². The van der Waals surface area contributed by atoms with Gasteiger partial charge in [-0.3, -0.25) is 0 Å². The summed E-state index contributed by atoms with van der Waals surface area (Å²) < 4.78 is 1.69. The highest BCUT2D eigenvalue weighted by Crippen LogP contribution is 2.38. The van der Waals surface area contributed by atoms with Crippen LogP contribution in [0.4, 0.5) is 5.82 Å². The first-order valence-electron chi connectivity index (χ1n) is 6.43. The summed E-state index contributed by atoms with van der Waals surface area (Å²) in [4.78, 5) is 14.9. The molecule has 21 heavy (non-hydrogen) atoms. The Bertz CT molecular complexity index is 709. The molecule has 0 aromatic carbocycles. The molecule has 0 saturated heterocycles. The van der Waals surface area contributed by atoms with E-state index in [9.17, 15) is 10.2 Å². The number of nitrogens with two attached hydrogens (primary N) is 1. The Hall–Kier alpha value is -2.42. The summed E-state index contributed by atoms with van der Waals surface area (Å²) in [5.74, 6) is -0.0472. The molecule has 2 heterocycles. The molecule has 1 fully saturated rings. The van der Waals surface area contributed by atoms with E-state index in [0.29, 0.717) is 17.6 Å². The molecule has 1 aliphatic rings. The molecule has 1 aliphatic carbocycles. The van der Waals surface area contributed by atoms with E-state index in [1.807, 2.05) is 0 Å². The Morgan fingerprint density at radius 1 is 1.48 bits per heavy atom. The normalized spacial score (nSPS) is 28.7. The monoisotopic (exact) mass is 290 g/mol. The van der Waals surface area contributed by atoms with Gasteiger partial charge < -0.3 is 20.5 Å². The fourth-order valence-electron chi connectivity index (χ4n) is 2.89. The smallest absolute Gasteiger partial charge is 0.165 e. The molecule has 1 saturated carbocycles. The summed E-state index contributed by atoms with van der Waals surface area (Å²) >= 11 is 0. The first-order chi connectivity index (χ1) is 10.2. The van der Waals surface area contributed by atoms with Crippen LogP contribution in [0.15, 0.2) is 17.8 Å². The van der Waals surface area contributed by atoms with E-state index in [0.717, 1.165) is 0 Å². The van der Waals surface area contributed by atoms with E-state index in [4.69, 9.17) is 11.3 Å². The molecule has 0 aliphatic heterocycles. The van der Waals surface area contributed by atoms with Crippen molar-refractivity contribution in [2.75, 3.05) is 12.3 Å². The zero-order chi connectivity index (χ0) is 15.0. The second-order valence-corrected chi connectivity index (χ2v) is 5.01. The third kappa shape index (κ3) is 2.05. The second-order valence-electron chi connectivity index (χ2n) is 5.01. The van der Waals surface area contributed by atoms with Gasteiger partial charge in [-0.05, 0) is 17.9 Å². The van der Waals surface area contributed by atoms with E-state index in [1.54, 1.807) is 4.57 Å². The van der Waals surface area contributed by atoms with Gasteiger partial charge in [-0.2, -0.15) is 0 Å². The van der Waals surface area contributed by atoms with Crippen LogP contribution >= 0.6 is 0 Å². The number of nitrogens with zero attached hydrogens (tertiary/aromatic N) is 7. The van der Waals surface area contributed by atoms with Crippen LogP contribution < -0.4 is 5.73 Å². The molecule has 4 atom stereocenters. The zero-order valence-corrected chi connectivity index (χ0v) is 11.0. The maximum Gasteiger partial charge on any atom is 0.165 e. The Morgan fingerprint density at radius 3 is 3.00 bits per heavy atom. The highest BCUT2D eigenvalue weighted by Gasteiger charge is 2.43. The molecule has 2 aromatic rings. The van der Waals surface area contributed by atoms with Crippen LogP contribution in [-0.4, -0.2) is 48.5 Å². The lowest BCUT2D eigenvalue weighted by molar-refractivity contribution is 0.113. The van der Waals surface area contributed by atoms with Crippen LogP contribution in [0.25, 0.3) is 21.6 Å². The molecule has 10 nitrogen and oxygen atoms in total. The van der Waals surface area contributed by atoms with Crippen LogP contribution in [0.2, 0.25) is 0 Å². The third-order valence-corrected chi connectivity index (χ3v) is 3.94. The average molecular weight is 290 g/mol. The Balaban J connectivity index is 2.03. The van der Waals surface area contributed by atoms with Crippen molar-refractivity contribution in [3.05, 3.63) is 23.1 Å². The molecule has 0 spiro atoms. The summed E-state index contributed by atoms with van der Waals surface area (Å²) in [5.41, 5.74) is 15.3. The number of azide groups is 1. The van der Waals surface area contributed by atoms with Gasteiger partial charge in [-0.25, -0.2) is 15.0 Å². The van der Waals surface area contributed by atoms with Crippen LogP contribution in [0.3, 0.4) is 0 Å². The molecular weight excluding hydrogens is 276 g/mol. The number of nitrogen functional groups attached to an aromatic ring is 1. The highest BCUT2D eigenvalue weighted by atomic mass is 16.3. The second kappa shape index (κ2) is 5.17. The molecule has 0 radical (unpaired) electrons. The van der Waals surface area contributed by atoms with E-state index in [1.165, 1.54) is 12.7 Å². The van der Waals surface area contributed by atoms with Crippen LogP contribution in [0.5, 0.6) is 0 Å². The predicted octanol–water partition coefficient (Wildman–Crippen LogP) is 0.00160. The SMILES string of the molecule is [N-]=[N+]=N[C@@H]1[C@@H](CO)C[C@@H](n2cnc3c(N)ncnc32)[C@@H]1O. The van der Waals surface area contributed by atoms with Gasteiger partial charge in [0.15, 0.2) is 11.5 Å². The van der Waals surface area contributed by atoms with Crippen molar-refractivity contribution in [1.29, 1.82) is 0 Å². The number of aliphatic hydroxyl groups is 2. The Morgan fingerprint density at radius 2 is 2.29 bits per heavy atom. The van der Waals surface area contributed by atoms with Gasteiger partial charge >= 0.3 is 0 Å². The van der Waals surface area contributed by atoms with Crippen molar-refractivity contribution < 1.29 is 10.2 Å². The number of imidazole rings is 1. The fraction of sp³-hybridized carbons (Fsp3) is 0.545. The van der Waals surface area contributed by atoms with Gasteiger partial charge in [0.25, 0.3) is 0 Å². The molecule has 10 heteroatoms. The maximum atomic E-state index is 10.4. The largest absolute Gasteiger partial charge is 0.396 e. The standard InChI is InChI=1S/C11H14N8O2/c12-10-8-11(15-3-14-10)19(4-16-8)6-1-5(2-20)7(9(6)21)17-18-13/h3-7,9,20-21H,1-2H2,(H2,12,14,15)/t5-,6-,7-,9+/m1/s1. The fourth-order valence-corrected chi connectivity index (χ4v) is 2.89. The lowest BCUT2D eigenvalue weighted by atomic mass is 10.1. The topological polar surface area (TPSA) is 159 Å². The minimum absolute atomic E-state index is 0.166. The molecule has 0 bridgehead atoms. The Kier molecular flexibility index (Phi) is 3.34. The quantitative estimate of drug-likeness (QED) is 0.410. The number of rotatable bonds is 3. The van der Waals surface area contributed by atoms with Crippen LogP contribution in [-0.2, 0) is 0 Å². The summed E-state index contributed by atoms with van der Waals surface area (Å²) in [6.07, 6.45) is 2.38. The van der Waals surface area contributed by atoms with E-state index >= 15 is 0 Å². The first-order valence-corrected chi connectivity index (χ1v) is 6.43. The lowest BCUT2D eigenvalue weighted by Gasteiger charge is -2.18. The minimum Gasteiger partial charge on any atom is -0.396 e. The number of aromatic nitrogens is 4. The van der Waals surface area contributed by atoms with Crippen molar-refractivity contribution >= 4 is 17.0 Å². The van der Waals surface area contributed by atoms with Crippen LogP contribution in [0, 0.1) is 5.92 Å². The molecule has 0 amide bonds. The van der Waals surface area contributed by atoms with E-state index < -0.39 is 18.2 Å². The molecule has 110 valence electrons. The number of fused-ring (bicyclic) bond motifs is 1. The number of hydrogen-bond acceptors (Lipinski definition) is 7. The number of anilines is 1. The first kappa shape index (κ1) is 13.6. The molecule has 2 aromatic heterocycles. The summed E-state index contributed by atoms with van der Waals surface area (Å²) in [6, 6.07) is -1.07. The van der Waals surface area contributed by atoms with Crippen molar-refractivity contribution in [3.63, 3.8) is 0 Å². The van der Waals surface area contributed by atoms with E-state index in [2.05, 4.69) is 25.0 Å². The highest BCUT2D eigenvalue weighted by molar-refractivity contribution is 5.81. The minimum atomic E-state index is -0.924. The van der Waals surface area contributed by atoms with Gasteiger partial charge in [0.2, 0.25) is 0 Å². The molecule has 0 unspecified atom stereocenters. The summed E-state index contributed by atoms with van der Waals surface area (Å²) in [6.45, 7) is -0.166. The maximum absolute atomic E-state index is 10.4. The average Bonchev–Trinajstić information content (AvgIpc) is 3.03. The van der Waals surface area contributed by atoms with E-state index in [-0.39, 0.29) is 18.3 Å². The zero-order valence-electron chi connectivity index (χ0n) is 11.0. The summed E-state index contributed by atoms with van der Waals surface area (Å²) in [7, 11) is 0. The molecular formula is C11H14N8O2. The predicted molar refractivity (Wildman–Crippen MR) is 72.9 cm³/mol. The third-order valence-electron chi connectivity index (χ3n) is 3.94. The molecule has 3 rings (SSSR count). The van der Waals surface area contributed by atoms with Crippen molar-refractivity contribution in [1.82, 2.24) is 19.5 Å². The number of aliphatic hydroxyl groups excluding tert-OH is 2. The van der Waals surface area contributed by atoms with Crippen molar-refractivity contribution in [2.45, 2.75) is 24.6 Å².